The summed E-state index contributed by atoms with van der Waals surface area (Å²) >= 11 is 0. The number of pyridine rings is 1. The zero-order valence-electron chi connectivity index (χ0n) is 28.8. The van der Waals surface area contributed by atoms with Gasteiger partial charge in [0.15, 0.2) is 0 Å². The van der Waals surface area contributed by atoms with Gasteiger partial charge < -0.3 is 9.64 Å². The number of benzene rings is 6. The highest BCUT2D eigenvalue weighted by Gasteiger charge is 2.39. The minimum absolute atomic E-state index is 0.109. The van der Waals surface area contributed by atoms with E-state index < -0.39 is 0 Å². The molecule has 3 nitrogen and oxygen atoms in total. The molecule has 242 valence electrons. The Morgan fingerprint density at radius 1 is 0.420 bits per heavy atom. The maximum Gasteiger partial charge on any atom is 0.131 e. The molecule has 6 aromatic carbocycles. The topological polar surface area (TPSA) is 25.4 Å². The van der Waals surface area contributed by atoms with Crippen molar-refractivity contribution in [3.05, 3.63) is 180 Å². The second kappa shape index (κ2) is 11.3. The van der Waals surface area contributed by atoms with Crippen LogP contribution >= 0.6 is 0 Å². The molecule has 0 saturated carbocycles. The molecular weight excluding hydrogens is 609 g/mol. The zero-order valence-corrected chi connectivity index (χ0v) is 28.8. The SMILES string of the molecule is CC1(C)c2cc(-c3cc(-c4ccccc4)cc(-c4ccccc4)n3)ccc2Oc2ccc(N3c4ccccc4C(C)(C)c4ccccc43)cc21. The summed E-state index contributed by atoms with van der Waals surface area (Å²) in [5, 5.41) is 0. The van der Waals surface area contributed by atoms with E-state index in [1.165, 1.54) is 28.1 Å². The monoisotopic (exact) mass is 646 g/mol. The van der Waals surface area contributed by atoms with Crippen molar-refractivity contribution in [1.29, 1.82) is 0 Å². The van der Waals surface area contributed by atoms with Crippen molar-refractivity contribution in [2.75, 3.05) is 4.90 Å². The average Bonchev–Trinajstić information content (AvgIpc) is 3.16. The number of nitrogens with zero attached hydrogens (tertiary/aromatic N) is 2. The molecule has 0 atom stereocenters. The summed E-state index contributed by atoms with van der Waals surface area (Å²) < 4.78 is 6.67. The number of rotatable bonds is 4. The third-order valence-corrected chi connectivity index (χ3v) is 10.7. The summed E-state index contributed by atoms with van der Waals surface area (Å²) in [4.78, 5) is 7.64. The Hall–Kier alpha value is -5.93. The molecule has 0 N–H and O–H groups in total. The van der Waals surface area contributed by atoms with Crippen LogP contribution in [-0.4, -0.2) is 4.98 Å². The highest BCUT2D eigenvalue weighted by molar-refractivity contribution is 5.87. The van der Waals surface area contributed by atoms with Crippen LogP contribution in [-0.2, 0) is 10.8 Å². The Bertz CT molecular complexity index is 2300. The van der Waals surface area contributed by atoms with Crippen molar-refractivity contribution in [2.24, 2.45) is 0 Å². The van der Waals surface area contributed by atoms with Crippen LogP contribution in [0.15, 0.2) is 158 Å². The van der Waals surface area contributed by atoms with Crippen LogP contribution in [0.5, 0.6) is 11.5 Å². The van der Waals surface area contributed by atoms with E-state index in [1.807, 2.05) is 6.07 Å². The van der Waals surface area contributed by atoms with Crippen LogP contribution in [0.25, 0.3) is 33.6 Å². The number of para-hydroxylation sites is 2. The normalized spacial score (nSPS) is 14.8. The Morgan fingerprint density at radius 3 is 1.56 bits per heavy atom. The van der Waals surface area contributed by atoms with Gasteiger partial charge in [-0.2, -0.15) is 0 Å². The quantitative estimate of drug-likeness (QED) is 0.190. The first-order chi connectivity index (χ1) is 24.3. The molecule has 3 heterocycles. The molecular formula is C47H38N2O. The lowest BCUT2D eigenvalue weighted by Crippen LogP contribution is -2.31. The lowest BCUT2D eigenvalue weighted by atomic mass is 9.73. The van der Waals surface area contributed by atoms with E-state index in [-0.39, 0.29) is 10.8 Å². The first-order valence-electron chi connectivity index (χ1n) is 17.4. The molecule has 0 aliphatic carbocycles. The van der Waals surface area contributed by atoms with Gasteiger partial charge in [-0.25, -0.2) is 4.98 Å². The van der Waals surface area contributed by atoms with Crippen molar-refractivity contribution >= 4 is 17.1 Å². The summed E-state index contributed by atoms with van der Waals surface area (Å²) in [6, 6.07) is 56.2. The van der Waals surface area contributed by atoms with Gasteiger partial charge in [-0.15, -0.1) is 0 Å². The summed E-state index contributed by atoms with van der Waals surface area (Å²) in [6.45, 7) is 9.28. The first kappa shape index (κ1) is 30.2. The van der Waals surface area contributed by atoms with Crippen molar-refractivity contribution in [3.8, 4) is 45.1 Å². The van der Waals surface area contributed by atoms with Crippen LogP contribution in [0.1, 0.15) is 49.9 Å². The lowest BCUT2D eigenvalue weighted by molar-refractivity contribution is 0.418. The van der Waals surface area contributed by atoms with Gasteiger partial charge in [0, 0.05) is 38.8 Å². The molecule has 7 aromatic rings. The highest BCUT2D eigenvalue weighted by Crippen LogP contribution is 2.54. The average molecular weight is 647 g/mol. The van der Waals surface area contributed by atoms with E-state index >= 15 is 0 Å². The predicted molar refractivity (Wildman–Crippen MR) is 206 cm³/mol. The van der Waals surface area contributed by atoms with Crippen LogP contribution in [0.3, 0.4) is 0 Å². The van der Waals surface area contributed by atoms with Crippen molar-refractivity contribution in [2.45, 2.75) is 38.5 Å². The second-order valence-corrected chi connectivity index (χ2v) is 14.5. The van der Waals surface area contributed by atoms with Crippen LogP contribution < -0.4 is 9.64 Å². The maximum absolute atomic E-state index is 6.67. The molecule has 0 amide bonds. The molecule has 0 radical (unpaired) electrons. The number of fused-ring (bicyclic) bond motifs is 4. The van der Waals surface area contributed by atoms with Gasteiger partial charge in [-0.1, -0.05) is 125 Å². The Balaban J connectivity index is 1.16. The van der Waals surface area contributed by atoms with Crippen LogP contribution in [0.2, 0.25) is 0 Å². The molecule has 0 bridgehead atoms. The van der Waals surface area contributed by atoms with E-state index in [1.54, 1.807) is 0 Å². The van der Waals surface area contributed by atoms with E-state index in [0.29, 0.717) is 0 Å². The van der Waals surface area contributed by atoms with Crippen LogP contribution in [0, 0.1) is 0 Å². The molecule has 2 aliphatic rings. The molecule has 0 fully saturated rings. The highest BCUT2D eigenvalue weighted by atomic mass is 16.5. The summed E-state index contributed by atoms with van der Waals surface area (Å²) in [6.07, 6.45) is 0. The second-order valence-electron chi connectivity index (χ2n) is 14.5. The Morgan fingerprint density at radius 2 is 0.920 bits per heavy atom. The number of ether oxygens (including phenoxy) is 1. The van der Waals surface area contributed by atoms with Crippen molar-refractivity contribution in [1.82, 2.24) is 4.98 Å². The minimum atomic E-state index is -0.331. The van der Waals surface area contributed by atoms with E-state index in [9.17, 15) is 0 Å². The summed E-state index contributed by atoms with van der Waals surface area (Å²) in [5.74, 6) is 1.78. The molecule has 9 rings (SSSR count). The molecule has 0 saturated heterocycles. The van der Waals surface area contributed by atoms with Gasteiger partial charge in [0.2, 0.25) is 0 Å². The third-order valence-electron chi connectivity index (χ3n) is 10.7. The fourth-order valence-electron chi connectivity index (χ4n) is 7.94. The van der Waals surface area contributed by atoms with E-state index in [4.69, 9.17) is 9.72 Å². The van der Waals surface area contributed by atoms with Gasteiger partial charge in [-0.05, 0) is 82.9 Å². The van der Waals surface area contributed by atoms with Gasteiger partial charge in [-0.3, -0.25) is 0 Å². The number of anilines is 3. The lowest BCUT2D eigenvalue weighted by Gasteiger charge is -2.42. The van der Waals surface area contributed by atoms with Crippen LogP contribution in [0.4, 0.5) is 17.1 Å². The van der Waals surface area contributed by atoms with E-state index in [2.05, 4.69) is 184 Å². The Kier molecular flexibility index (Phi) is 6.82. The number of hydrogen-bond donors (Lipinski definition) is 0. The molecule has 0 spiro atoms. The fraction of sp³-hybridized carbons (Fsp3) is 0.128. The smallest absolute Gasteiger partial charge is 0.131 e. The molecule has 1 aromatic heterocycles. The predicted octanol–water partition coefficient (Wildman–Crippen LogP) is 12.6. The van der Waals surface area contributed by atoms with Crippen molar-refractivity contribution < 1.29 is 4.74 Å². The summed E-state index contributed by atoms with van der Waals surface area (Å²) in [7, 11) is 0. The molecule has 50 heavy (non-hydrogen) atoms. The largest absolute Gasteiger partial charge is 0.457 e. The number of aromatic nitrogens is 1. The molecule has 2 aliphatic heterocycles. The maximum atomic E-state index is 6.67. The fourth-order valence-corrected chi connectivity index (χ4v) is 7.94. The standard InChI is InChI=1S/C47H38N2O/c1-46(2)36-19-11-13-21-42(36)49(43-22-14-12-20-37(43)46)35-24-26-45-39(30-35)47(3,4)38-27-33(23-25-44(38)50-45)41-29-34(31-15-7-5-8-16-31)28-40(48-41)32-17-9-6-10-18-32/h5-30H,1-4H3. The van der Waals surface area contributed by atoms with Gasteiger partial charge in [0.05, 0.1) is 22.8 Å². The van der Waals surface area contributed by atoms with Gasteiger partial charge >= 0.3 is 0 Å². The third kappa shape index (κ3) is 4.76. The Labute approximate surface area is 294 Å². The van der Waals surface area contributed by atoms with E-state index in [0.717, 1.165) is 56.4 Å². The van der Waals surface area contributed by atoms with Crippen molar-refractivity contribution in [3.63, 3.8) is 0 Å². The van der Waals surface area contributed by atoms with Gasteiger partial charge in [0.1, 0.15) is 11.5 Å². The minimum Gasteiger partial charge on any atom is -0.457 e. The molecule has 3 heteroatoms. The zero-order chi connectivity index (χ0) is 34.0. The van der Waals surface area contributed by atoms with Gasteiger partial charge in [0.25, 0.3) is 0 Å². The number of hydrogen-bond acceptors (Lipinski definition) is 3. The first-order valence-corrected chi connectivity index (χ1v) is 17.4. The molecule has 0 unspecified atom stereocenters. The summed E-state index contributed by atoms with van der Waals surface area (Å²) in [5.41, 5.74) is 14.4.